The van der Waals surface area contributed by atoms with Gasteiger partial charge in [-0.05, 0) is 35.1 Å². The molecule has 3 rings (SSSR count). The van der Waals surface area contributed by atoms with Crippen LogP contribution in [0.3, 0.4) is 0 Å². The Morgan fingerprint density at radius 3 is 2.80 bits per heavy atom. The standard InChI is InChI=1S/C15H16N4S/c1-9(2)14-15(20-19-18-14)13(16)11-7-10-5-3-4-6-12(10)17-8-11/h3-9,13H,16H2,1-2H3. The molecule has 1 atom stereocenters. The molecule has 2 N–H and O–H groups in total. The average molecular weight is 284 g/mol. The molecule has 0 spiro atoms. The number of fused-ring (bicyclic) bond motifs is 1. The Kier molecular flexibility index (Phi) is 3.46. The Morgan fingerprint density at radius 1 is 1.20 bits per heavy atom. The third-order valence-corrected chi connectivity index (χ3v) is 4.16. The first-order valence-electron chi connectivity index (χ1n) is 6.59. The average Bonchev–Trinajstić information content (AvgIpc) is 2.95. The van der Waals surface area contributed by atoms with Crippen molar-refractivity contribution in [3.63, 3.8) is 0 Å². The van der Waals surface area contributed by atoms with Gasteiger partial charge < -0.3 is 5.73 Å². The lowest BCUT2D eigenvalue weighted by atomic mass is 10.0. The molecule has 20 heavy (non-hydrogen) atoms. The van der Waals surface area contributed by atoms with Crippen LogP contribution >= 0.6 is 11.5 Å². The number of nitrogens with zero attached hydrogens (tertiary/aromatic N) is 3. The van der Waals surface area contributed by atoms with E-state index in [1.54, 1.807) is 0 Å². The highest BCUT2D eigenvalue weighted by Gasteiger charge is 2.20. The second-order valence-corrected chi connectivity index (χ2v) is 5.90. The fourth-order valence-electron chi connectivity index (χ4n) is 2.23. The molecule has 0 aliphatic rings. The van der Waals surface area contributed by atoms with Gasteiger partial charge in [0.25, 0.3) is 0 Å². The molecule has 1 unspecified atom stereocenters. The van der Waals surface area contributed by atoms with Gasteiger partial charge in [-0.3, -0.25) is 4.98 Å². The summed E-state index contributed by atoms with van der Waals surface area (Å²) < 4.78 is 4.04. The summed E-state index contributed by atoms with van der Waals surface area (Å²) in [6.07, 6.45) is 1.84. The lowest BCUT2D eigenvalue weighted by Gasteiger charge is -2.13. The zero-order valence-electron chi connectivity index (χ0n) is 11.4. The SMILES string of the molecule is CC(C)c1nnsc1C(N)c1cnc2ccccc2c1. The molecule has 0 aliphatic heterocycles. The molecule has 2 aromatic heterocycles. The molecule has 0 aliphatic carbocycles. The molecular weight excluding hydrogens is 268 g/mol. The van der Waals surface area contributed by atoms with Crippen LogP contribution in [-0.4, -0.2) is 14.6 Å². The summed E-state index contributed by atoms with van der Waals surface area (Å²) in [5.41, 5.74) is 9.34. The Labute approximate surface area is 121 Å². The van der Waals surface area contributed by atoms with E-state index in [2.05, 4.69) is 34.5 Å². The van der Waals surface area contributed by atoms with Gasteiger partial charge in [-0.25, -0.2) is 0 Å². The van der Waals surface area contributed by atoms with E-state index in [9.17, 15) is 0 Å². The molecule has 4 nitrogen and oxygen atoms in total. The molecule has 0 saturated heterocycles. The molecule has 3 aromatic rings. The number of para-hydroxylation sites is 1. The predicted octanol–water partition coefficient (Wildman–Crippen LogP) is 3.26. The third-order valence-electron chi connectivity index (χ3n) is 3.34. The summed E-state index contributed by atoms with van der Waals surface area (Å²) in [7, 11) is 0. The molecule has 0 saturated carbocycles. The summed E-state index contributed by atoms with van der Waals surface area (Å²) >= 11 is 1.37. The lowest BCUT2D eigenvalue weighted by Crippen LogP contribution is -2.13. The molecule has 1 aromatic carbocycles. The smallest absolute Gasteiger partial charge is 0.0832 e. The Morgan fingerprint density at radius 2 is 2.00 bits per heavy atom. The summed E-state index contributed by atoms with van der Waals surface area (Å²) in [5, 5.41) is 5.29. The van der Waals surface area contributed by atoms with Crippen LogP contribution in [-0.2, 0) is 0 Å². The number of rotatable bonds is 3. The summed E-state index contributed by atoms with van der Waals surface area (Å²) in [4.78, 5) is 5.50. The molecule has 0 fully saturated rings. The van der Waals surface area contributed by atoms with Crippen LogP contribution in [0.2, 0.25) is 0 Å². The largest absolute Gasteiger partial charge is 0.319 e. The van der Waals surface area contributed by atoms with E-state index in [1.807, 2.05) is 30.5 Å². The van der Waals surface area contributed by atoms with Crippen LogP contribution in [0.5, 0.6) is 0 Å². The topological polar surface area (TPSA) is 64.7 Å². The van der Waals surface area contributed by atoms with Crippen molar-refractivity contribution in [2.75, 3.05) is 0 Å². The minimum Gasteiger partial charge on any atom is -0.319 e. The van der Waals surface area contributed by atoms with Crippen molar-refractivity contribution in [2.24, 2.45) is 5.73 Å². The minimum atomic E-state index is -0.218. The summed E-state index contributed by atoms with van der Waals surface area (Å²) in [6, 6.07) is 9.92. The van der Waals surface area contributed by atoms with E-state index < -0.39 is 0 Å². The van der Waals surface area contributed by atoms with Crippen molar-refractivity contribution in [3.8, 4) is 0 Å². The number of hydrogen-bond acceptors (Lipinski definition) is 5. The lowest BCUT2D eigenvalue weighted by molar-refractivity contribution is 0.770. The number of aromatic nitrogens is 3. The first kappa shape index (κ1) is 13.1. The fraction of sp³-hybridized carbons (Fsp3) is 0.267. The predicted molar refractivity (Wildman–Crippen MR) is 81.8 cm³/mol. The van der Waals surface area contributed by atoms with Gasteiger partial charge >= 0.3 is 0 Å². The van der Waals surface area contributed by atoms with E-state index in [4.69, 9.17) is 5.73 Å². The van der Waals surface area contributed by atoms with Crippen molar-refractivity contribution >= 4 is 22.4 Å². The number of hydrogen-bond donors (Lipinski definition) is 1. The Bertz CT molecular complexity index is 735. The number of pyridine rings is 1. The van der Waals surface area contributed by atoms with Crippen molar-refractivity contribution in [3.05, 3.63) is 52.7 Å². The maximum atomic E-state index is 6.38. The minimum absolute atomic E-state index is 0.218. The van der Waals surface area contributed by atoms with E-state index >= 15 is 0 Å². The van der Waals surface area contributed by atoms with Crippen LogP contribution in [0.1, 0.15) is 41.9 Å². The molecule has 0 amide bonds. The van der Waals surface area contributed by atoms with Gasteiger partial charge in [0.1, 0.15) is 0 Å². The van der Waals surface area contributed by atoms with Gasteiger partial charge in [-0.1, -0.05) is 36.5 Å². The highest BCUT2D eigenvalue weighted by molar-refractivity contribution is 7.05. The fourth-order valence-corrected chi connectivity index (χ4v) is 3.07. The van der Waals surface area contributed by atoms with Crippen LogP contribution in [0, 0.1) is 0 Å². The van der Waals surface area contributed by atoms with Gasteiger partial charge in [0.05, 0.1) is 22.1 Å². The van der Waals surface area contributed by atoms with E-state index in [1.165, 1.54) is 11.5 Å². The summed E-state index contributed by atoms with van der Waals surface area (Å²) in [6.45, 7) is 4.21. The molecular formula is C15H16N4S. The molecule has 0 radical (unpaired) electrons. The van der Waals surface area contributed by atoms with Gasteiger partial charge in [-0.15, -0.1) is 5.10 Å². The first-order valence-corrected chi connectivity index (χ1v) is 7.36. The molecule has 5 heteroatoms. The van der Waals surface area contributed by atoms with Crippen LogP contribution in [0.15, 0.2) is 36.5 Å². The van der Waals surface area contributed by atoms with Crippen molar-refractivity contribution in [2.45, 2.75) is 25.8 Å². The normalized spacial score (nSPS) is 13.0. The zero-order chi connectivity index (χ0) is 14.1. The van der Waals surface area contributed by atoms with Crippen molar-refractivity contribution in [1.82, 2.24) is 14.6 Å². The maximum Gasteiger partial charge on any atom is 0.0832 e. The molecule has 0 bridgehead atoms. The van der Waals surface area contributed by atoms with Gasteiger partial charge in [0.2, 0.25) is 0 Å². The second kappa shape index (κ2) is 5.26. The van der Waals surface area contributed by atoms with Crippen LogP contribution < -0.4 is 5.73 Å². The van der Waals surface area contributed by atoms with Crippen LogP contribution in [0.4, 0.5) is 0 Å². The van der Waals surface area contributed by atoms with Gasteiger partial charge in [0, 0.05) is 11.6 Å². The Hall–Kier alpha value is -1.85. The Balaban J connectivity index is 2.03. The maximum absolute atomic E-state index is 6.38. The molecule has 2 heterocycles. The van der Waals surface area contributed by atoms with Gasteiger partial charge in [-0.2, -0.15) is 0 Å². The van der Waals surface area contributed by atoms with E-state index in [0.29, 0.717) is 5.92 Å². The highest BCUT2D eigenvalue weighted by Crippen LogP contribution is 2.29. The van der Waals surface area contributed by atoms with Crippen LogP contribution in [0.25, 0.3) is 10.9 Å². The van der Waals surface area contributed by atoms with E-state index in [-0.39, 0.29) is 6.04 Å². The zero-order valence-corrected chi connectivity index (χ0v) is 12.3. The number of benzene rings is 1. The highest BCUT2D eigenvalue weighted by atomic mass is 32.1. The monoisotopic (exact) mass is 284 g/mol. The molecule has 102 valence electrons. The first-order chi connectivity index (χ1) is 9.66. The van der Waals surface area contributed by atoms with Gasteiger partial charge in [0.15, 0.2) is 0 Å². The van der Waals surface area contributed by atoms with Crippen molar-refractivity contribution in [1.29, 1.82) is 0 Å². The van der Waals surface area contributed by atoms with E-state index in [0.717, 1.165) is 27.0 Å². The number of nitrogens with two attached hydrogens (primary N) is 1. The summed E-state index contributed by atoms with van der Waals surface area (Å²) in [5.74, 6) is 0.322. The van der Waals surface area contributed by atoms with Crippen molar-refractivity contribution < 1.29 is 0 Å². The second-order valence-electron chi connectivity index (χ2n) is 5.12. The quantitative estimate of drug-likeness (QED) is 0.801. The third kappa shape index (κ3) is 2.30.